The Labute approximate surface area is 282 Å². The van der Waals surface area contributed by atoms with Gasteiger partial charge < -0.3 is 23.3 Å². The Kier molecular flexibility index (Phi) is 13.1. The molecule has 0 aromatic heterocycles. The maximum Gasteiger partial charge on any atom is 0.401 e. The van der Waals surface area contributed by atoms with E-state index in [1.807, 2.05) is 121 Å². The quantitative estimate of drug-likeness (QED) is 0.0978. The molecule has 4 aromatic carbocycles. The molecule has 48 heavy (non-hydrogen) atoms. The van der Waals surface area contributed by atoms with Crippen LogP contribution in [0.4, 0.5) is 8.78 Å². The molecule has 1 fully saturated rings. The summed E-state index contributed by atoms with van der Waals surface area (Å²) in [6.07, 6.45) is -2.15. The van der Waals surface area contributed by atoms with Crippen LogP contribution in [-0.4, -0.2) is 54.7 Å². The minimum atomic E-state index is -5.00. The van der Waals surface area contributed by atoms with Gasteiger partial charge in [-0.05, 0) is 36.1 Å². The van der Waals surface area contributed by atoms with E-state index >= 15 is 8.78 Å². The smallest absolute Gasteiger partial charge is 0.375 e. The van der Waals surface area contributed by atoms with E-state index in [4.69, 9.17) is 23.3 Å². The molecule has 0 saturated carbocycles. The van der Waals surface area contributed by atoms with E-state index in [0.717, 1.165) is 22.3 Å². The minimum Gasteiger partial charge on any atom is -0.375 e. The predicted molar refractivity (Wildman–Crippen MR) is 182 cm³/mol. The summed E-state index contributed by atoms with van der Waals surface area (Å²) in [6.45, 7) is 3.21. The first-order valence-electron chi connectivity index (χ1n) is 16.4. The maximum atomic E-state index is 17.2. The zero-order valence-electron chi connectivity index (χ0n) is 27.4. The zero-order chi connectivity index (χ0) is 33.8. The molecule has 4 atom stereocenters. The van der Waals surface area contributed by atoms with E-state index in [2.05, 4.69) is 0 Å². The van der Waals surface area contributed by atoms with Crippen LogP contribution in [0.2, 0.25) is 0 Å². The molecule has 1 aliphatic rings. The normalized spacial score (nSPS) is 20.2. The van der Waals surface area contributed by atoms with Crippen molar-refractivity contribution in [3.63, 3.8) is 0 Å². The van der Waals surface area contributed by atoms with E-state index in [9.17, 15) is 4.57 Å². The van der Waals surface area contributed by atoms with Crippen LogP contribution in [0.15, 0.2) is 121 Å². The van der Waals surface area contributed by atoms with E-state index in [-0.39, 0.29) is 46.2 Å². The fourth-order valence-corrected chi connectivity index (χ4v) is 7.81. The molecule has 1 aliphatic heterocycles. The Hall–Kier alpha value is -3.27. The molecule has 4 aromatic rings. The lowest BCUT2D eigenvalue weighted by Gasteiger charge is -2.38. The number of hydrogen-bond acceptors (Lipinski definition) is 7. The van der Waals surface area contributed by atoms with Crippen molar-refractivity contribution >= 4 is 7.60 Å². The van der Waals surface area contributed by atoms with Crippen LogP contribution in [0.25, 0.3) is 0 Å². The van der Waals surface area contributed by atoms with Gasteiger partial charge in [0.05, 0.1) is 45.7 Å². The van der Waals surface area contributed by atoms with E-state index in [1.54, 1.807) is 4.90 Å². The maximum absolute atomic E-state index is 17.2. The van der Waals surface area contributed by atoms with Gasteiger partial charge in [0.2, 0.25) is 0 Å². The summed E-state index contributed by atoms with van der Waals surface area (Å²) in [4.78, 5) is 1.62. The van der Waals surface area contributed by atoms with Crippen molar-refractivity contribution in [1.82, 2.24) is 4.90 Å². The number of ether oxygens (including phenoxy) is 3. The summed E-state index contributed by atoms with van der Waals surface area (Å²) in [5, 5.41) is 0. The summed E-state index contributed by atoms with van der Waals surface area (Å²) in [5.41, 5.74) is -0.570. The molecular formula is C38H44F2NO6P. The van der Waals surface area contributed by atoms with Gasteiger partial charge >= 0.3 is 13.3 Å². The number of hydrogen-bond donors (Lipinski definition) is 0. The lowest BCUT2D eigenvalue weighted by molar-refractivity contribution is -0.114. The highest BCUT2D eigenvalue weighted by Gasteiger charge is 2.68. The zero-order valence-corrected chi connectivity index (χ0v) is 28.3. The van der Waals surface area contributed by atoms with Crippen molar-refractivity contribution in [2.45, 2.75) is 70.2 Å². The van der Waals surface area contributed by atoms with Gasteiger partial charge in [0.1, 0.15) is 18.2 Å². The van der Waals surface area contributed by atoms with Gasteiger partial charge in [-0.15, -0.1) is 0 Å². The van der Waals surface area contributed by atoms with Gasteiger partial charge in [-0.3, -0.25) is 9.46 Å². The predicted octanol–water partition coefficient (Wildman–Crippen LogP) is 8.49. The summed E-state index contributed by atoms with van der Waals surface area (Å²) in [7, 11) is -5.00. The first-order valence-corrected chi connectivity index (χ1v) is 17.9. The summed E-state index contributed by atoms with van der Waals surface area (Å²) < 4.78 is 78.5. The third-order valence-electron chi connectivity index (χ3n) is 8.30. The van der Waals surface area contributed by atoms with Crippen molar-refractivity contribution in [2.24, 2.45) is 0 Å². The van der Waals surface area contributed by atoms with Crippen molar-refractivity contribution in [3.8, 4) is 0 Å². The van der Waals surface area contributed by atoms with Crippen LogP contribution >= 0.6 is 7.60 Å². The summed E-state index contributed by atoms with van der Waals surface area (Å²) in [6, 6.07) is 35.4. The second-order valence-electron chi connectivity index (χ2n) is 11.6. The Morgan fingerprint density at radius 2 is 1.04 bits per heavy atom. The Balaban J connectivity index is 1.59. The van der Waals surface area contributed by atoms with Gasteiger partial charge in [-0.2, -0.15) is 8.78 Å². The van der Waals surface area contributed by atoms with Crippen LogP contribution in [0.5, 0.6) is 0 Å². The topological polar surface area (TPSA) is 66.5 Å². The molecule has 256 valence electrons. The lowest BCUT2D eigenvalue weighted by atomic mass is 10.1. The van der Waals surface area contributed by atoms with Crippen LogP contribution in [0, 0.1) is 0 Å². The molecule has 5 rings (SSSR count). The second-order valence-corrected chi connectivity index (χ2v) is 13.7. The van der Waals surface area contributed by atoms with Crippen LogP contribution in [0.3, 0.4) is 0 Å². The fourth-order valence-electron chi connectivity index (χ4n) is 6.09. The van der Waals surface area contributed by atoms with E-state index < -0.39 is 37.6 Å². The molecule has 0 aliphatic carbocycles. The van der Waals surface area contributed by atoms with E-state index in [0.29, 0.717) is 0 Å². The Morgan fingerprint density at radius 3 is 1.50 bits per heavy atom. The van der Waals surface area contributed by atoms with Gasteiger partial charge in [-0.25, -0.2) is 0 Å². The standard InChI is InChI=1S/C38H44F2NO6P/c1-3-46-48(42,47-4-2)38(39,40)37-36(45-28-33-23-15-8-16-24-33)35(44-27-32-21-13-7-14-22-32)34(29-43-26-31-19-11-6-12-20-31)41(37)25-30-17-9-5-10-18-30/h5-24,34-37H,3-4,25-29H2,1-2H3/t34-,35+,36+,37+/m0/s1. The number of likely N-dealkylation sites (tertiary alicyclic amines) is 1. The highest BCUT2D eigenvalue weighted by atomic mass is 31.2. The minimum absolute atomic E-state index is 0.0353. The van der Waals surface area contributed by atoms with Gasteiger partial charge in [0.15, 0.2) is 0 Å². The molecule has 0 amide bonds. The Bertz CT molecular complexity index is 1540. The van der Waals surface area contributed by atoms with Crippen molar-refractivity contribution in [1.29, 1.82) is 0 Å². The Morgan fingerprint density at radius 1 is 0.625 bits per heavy atom. The molecule has 0 radical (unpaired) electrons. The summed E-state index contributed by atoms with van der Waals surface area (Å²) in [5.74, 6) is 0. The SMILES string of the molecule is CCOP(=O)(OCC)C(F)(F)[C@H]1[C@H](OCc2ccccc2)[C@H](OCc2ccccc2)[C@H](COCc2ccccc2)N1Cc1ccccc1. The van der Waals surface area contributed by atoms with Crippen molar-refractivity contribution in [2.75, 3.05) is 19.8 Å². The number of nitrogens with zero attached hydrogens (tertiary/aromatic N) is 1. The molecule has 0 N–H and O–H groups in total. The number of alkyl halides is 2. The number of rotatable bonds is 18. The van der Waals surface area contributed by atoms with Gasteiger partial charge in [0.25, 0.3) is 0 Å². The largest absolute Gasteiger partial charge is 0.401 e. The number of halogens is 2. The summed E-state index contributed by atoms with van der Waals surface area (Å²) >= 11 is 0. The molecule has 1 heterocycles. The molecule has 0 bridgehead atoms. The average molecular weight is 680 g/mol. The molecule has 0 unspecified atom stereocenters. The fraction of sp³-hybridized carbons (Fsp3) is 0.368. The third-order valence-corrected chi connectivity index (χ3v) is 10.5. The lowest BCUT2D eigenvalue weighted by Crippen LogP contribution is -2.52. The van der Waals surface area contributed by atoms with Gasteiger partial charge in [0, 0.05) is 6.54 Å². The molecule has 7 nitrogen and oxygen atoms in total. The monoisotopic (exact) mass is 679 g/mol. The molecule has 1 saturated heterocycles. The third kappa shape index (κ3) is 8.84. The van der Waals surface area contributed by atoms with Crippen LogP contribution in [0.1, 0.15) is 36.1 Å². The average Bonchev–Trinajstić information content (AvgIpc) is 3.40. The highest BCUT2D eigenvalue weighted by molar-refractivity contribution is 7.55. The highest BCUT2D eigenvalue weighted by Crippen LogP contribution is 2.65. The second kappa shape index (κ2) is 17.4. The molecular weight excluding hydrogens is 635 g/mol. The number of benzene rings is 4. The first-order chi connectivity index (χ1) is 23.4. The van der Waals surface area contributed by atoms with Crippen molar-refractivity contribution in [3.05, 3.63) is 144 Å². The van der Waals surface area contributed by atoms with E-state index in [1.165, 1.54) is 13.8 Å². The van der Waals surface area contributed by atoms with Gasteiger partial charge in [-0.1, -0.05) is 121 Å². The van der Waals surface area contributed by atoms with Crippen LogP contribution in [-0.2, 0) is 54.2 Å². The van der Waals surface area contributed by atoms with Crippen LogP contribution < -0.4 is 0 Å². The van der Waals surface area contributed by atoms with Crippen molar-refractivity contribution < 1.29 is 36.6 Å². The first kappa shape index (κ1) is 36.0. The molecule has 0 spiro atoms. The molecule has 10 heteroatoms.